The van der Waals surface area contributed by atoms with Crippen molar-refractivity contribution in [2.75, 3.05) is 19.7 Å². The molecule has 0 unspecified atom stereocenters. The van der Waals surface area contributed by atoms with E-state index in [4.69, 9.17) is 4.84 Å². The van der Waals surface area contributed by atoms with Crippen LogP contribution in [0.1, 0.15) is 55.0 Å². The summed E-state index contributed by atoms with van der Waals surface area (Å²) in [5.74, 6) is -1.40. The topological polar surface area (TPSA) is 59.7 Å². The minimum Gasteiger partial charge on any atom is -0.396 e. The Morgan fingerprint density at radius 2 is 1.89 bits per heavy atom. The molecule has 0 saturated carbocycles. The van der Waals surface area contributed by atoms with E-state index in [9.17, 15) is 13.6 Å². The van der Waals surface area contributed by atoms with Crippen LogP contribution in [0.4, 0.5) is 8.78 Å². The fourth-order valence-electron chi connectivity index (χ4n) is 4.40. The molecule has 1 aliphatic rings. The van der Waals surface area contributed by atoms with Gasteiger partial charge >= 0.3 is 0 Å². The number of benzene rings is 1. The second-order valence-electron chi connectivity index (χ2n) is 8.68. The van der Waals surface area contributed by atoms with Crippen LogP contribution in [-0.2, 0) is 17.9 Å². The maximum absolute atomic E-state index is 13.8. The molecule has 1 fully saturated rings. The summed E-state index contributed by atoms with van der Waals surface area (Å²) in [6.07, 6.45) is 5.86. The Hall–Kier alpha value is -3.39. The van der Waals surface area contributed by atoms with Crippen molar-refractivity contribution in [1.29, 1.82) is 0 Å². The molecule has 35 heavy (non-hydrogen) atoms. The van der Waals surface area contributed by atoms with Gasteiger partial charge in [-0.1, -0.05) is 17.3 Å². The van der Waals surface area contributed by atoms with Crippen molar-refractivity contribution in [3.63, 3.8) is 0 Å². The lowest BCUT2D eigenvalue weighted by atomic mass is 9.90. The molecule has 0 N–H and O–H groups in total. The van der Waals surface area contributed by atoms with Crippen LogP contribution in [0.5, 0.6) is 0 Å². The maximum atomic E-state index is 13.8. The average molecular weight is 481 g/mol. The highest BCUT2D eigenvalue weighted by Crippen LogP contribution is 2.28. The second-order valence-corrected chi connectivity index (χ2v) is 8.68. The van der Waals surface area contributed by atoms with E-state index in [1.165, 1.54) is 11.6 Å². The van der Waals surface area contributed by atoms with Gasteiger partial charge in [0.1, 0.15) is 12.3 Å². The zero-order valence-corrected chi connectivity index (χ0v) is 20.1. The molecule has 4 rings (SSSR count). The molecular weight excluding hydrogens is 450 g/mol. The molecule has 0 atom stereocenters. The first-order chi connectivity index (χ1) is 17.0. The number of rotatable bonds is 8. The molecule has 0 bridgehead atoms. The minimum atomic E-state index is -0.944. The maximum Gasteiger partial charge on any atom is 0.250 e. The van der Waals surface area contributed by atoms with Crippen LogP contribution in [0.2, 0.25) is 0 Å². The van der Waals surface area contributed by atoms with E-state index in [2.05, 4.69) is 15.0 Å². The molecule has 1 aromatic carbocycles. The van der Waals surface area contributed by atoms with Crippen molar-refractivity contribution in [2.45, 2.75) is 45.7 Å². The van der Waals surface area contributed by atoms with E-state index < -0.39 is 11.6 Å². The largest absolute Gasteiger partial charge is 0.396 e. The fourth-order valence-corrected chi connectivity index (χ4v) is 4.40. The molecule has 0 radical (unpaired) electrons. The van der Waals surface area contributed by atoms with Gasteiger partial charge in [-0.05, 0) is 81.1 Å². The van der Waals surface area contributed by atoms with E-state index >= 15 is 0 Å². The molecule has 0 amide bonds. The number of hydrogen-bond acceptors (Lipinski definition) is 5. The summed E-state index contributed by atoms with van der Waals surface area (Å²) in [6.45, 7) is 7.51. The number of pyridine rings is 2. The lowest BCUT2D eigenvalue weighted by molar-refractivity contribution is 0.159. The molecular formula is C27H30F2N4O2. The van der Waals surface area contributed by atoms with Crippen molar-refractivity contribution in [2.24, 2.45) is 5.16 Å². The van der Waals surface area contributed by atoms with Crippen LogP contribution in [0, 0.1) is 11.6 Å². The predicted molar refractivity (Wildman–Crippen MR) is 131 cm³/mol. The first-order valence-electron chi connectivity index (χ1n) is 12.0. The lowest BCUT2D eigenvalue weighted by Gasteiger charge is -2.32. The van der Waals surface area contributed by atoms with E-state index in [1.54, 1.807) is 23.8 Å². The number of piperidine rings is 1. The van der Waals surface area contributed by atoms with Crippen molar-refractivity contribution in [3.8, 4) is 0 Å². The van der Waals surface area contributed by atoms with Gasteiger partial charge < -0.3 is 9.40 Å². The average Bonchev–Trinajstić information content (AvgIpc) is 2.88. The molecule has 0 spiro atoms. The minimum absolute atomic E-state index is 0.0451. The van der Waals surface area contributed by atoms with Crippen LogP contribution in [0.15, 0.2) is 64.8 Å². The molecule has 6 nitrogen and oxygen atoms in total. The van der Waals surface area contributed by atoms with Gasteiger partial charge in [0.05, 0.1) is 5.69 Å². The predicted octanol–water partition coefficient (Wildman–Crippen LogP) is 4.71. The van der Waals surface area contributed by atoms with Crippen molar-refractivity contribution in [3.05, 3.63) is 99.2 Å². The van der Waals surface area contributed by atoms with Gasteiger partial charge in [-0.2, -0.15) is 0 Å². The van der Waals surface area contributed by atoms with Crippen LogP contribution in [0.25, 0.3) is 0 Å². The molecule has 1 saturated heterocycles. The molecule has 1 aliphatic heterocycles. The van der Waals surface area contributed by atoms with Crippen molar-refractivity contribution < 1.29 is 13.6 Å². The smallest absolute Gasteiger partial charge is 0.250 e. The third-order valence-corrected chi connectivity index (χ3v) is 6.36. The first kappa shape index (κ1) is 24.7. The SMILES string of the molecule is CCO/N=C(\c1ccc(F)c(F)c1)c1ccc(CN2CCC(c3ccc(=O)n(CC)c3)CC2)cn1. The van der Waals surface area contributed by atoms with Gasteiger partial charge in [0.25, 0.3) is 5.56 Å². The monoisotopic (exact) mass is 480 g/mol. The molecule has 8 heteroatoms. The number of aryl methyl sites for hydroxylation is 1. The Kier molecular flexibility index (Phi) is 8.02. The summed E-state index contributed by atoms with van der Waals surface area (Å²) in [4.78, 5) is 24.0. The molecule has 3 aromatic rings. The quantitative estimate of drug-likeness (QED) is 0.346. The van der Waals surface area contributed by atoms with Gasteiger partial charge in [-0.15, -0.1) is 0 Å². The normalized spacial score (nSPS) is 15.4. The Morgan fingerprint density at radius 1 is 1.09 bits per heavy atom. The number of likely N-dealkylation sites (tertiary alicyclic amines) is 1. The van der Waals surface area contributed by atoms with Gasteiger partial charge in [0.15, 0.2) is 11.6 Å². The van der Waals surface area contributed by atoms with E-state index in [1.807, 2.05) is 31.3 Å². The molecule has 3 heterocycles. The Morgan fingerprint density at radius 3 is 2.54 bits per heavy atom. The number of nitrogens with zero attached hydrogens (tertiary/aromatic N) is 4. The highest BCUT2D eigenvalue weighted by Gasteiger charge is 2.21. The molecule has 0 aliphatic carbocycles. The zero-order valence-electron chi connectivity index (χ0n) is 20.1. The number of oxime groups is 1. The lowest BCUT2D eigenvalue weighted by Crippen LogP contribution is -2.33. The molecule has 184 valence electrons. The van der Waals surface area contributed by atoms with Crippen LogP contribution in [-0.4, -0.2) is 39.9 Å². The summed E-state index contributed by atoms with van der Waals surface area (Å²) >= 11 is 0. The number of halogens is 2. The summed E-state index contributed by atoms with van der Waals surface area (Å²) in [7, 11) is 0. The molecule has 2 aromatic heterocycles. The van der Waals surface area contributed by atoms with E-state index in [-0.39, 0.29) is 5.56 Å². The van der Waals surface area contributed by atoms with Crippen molar-refractivity contribution in [1.82, 2.24) is 14.5 Å². The third-order valence-electron chi connectivity index (χ3n) is 6.36. The van der Waals surface area contributed by atoms with Gasteiger partial charge in [0, 0.05) is 37.1 Å². The van der Waals surface area contributed by atoms with Crippen molar-refractivity contribution >= 4 is 5.71 Å². The summed E-state index contributed by atoms with van der Waals surface area (Å²) < 4.78 is 28.9. The first-order valence-corrected chi connectivity index (χ1v) is 12.0. The Balaban J connectivity index is 1.41. The Labute approximate surface area is 203 Å². The van der Waals surface area contributed by atoms with Gasteiger partial charge in [0.2, 0.25) is 0 Å². The third kappa shape index (κ3) is 6.00. The zero-order chi connectivity index (χ0) is 24.8. The highest BCUT2D eigenvalue weighted by molar-refractivity contribution is 6.11. The van der Waals surface area contributed by atoms with Gasteiger partial charge in [-0.25, -0.2) is 8.78 Å². The van der Waals surface area contributed by atoms with Crippen LogP contribution in [0.3, 0.4) is 0 Å². The van der Waals surface area contributed by atoms with Crippen LogP contribution >= 0.6 is 0 Å². The summed E-state index contributed by atoms with van der Waals surface area (Å²) in [6, 6.07) is 11.1. The summed E-state index contributed by atoms with van der Waals surface area (Å²) in [5, 5.41) is 4.09. The van der Waals surface area contributed by atoms with Gasteiger partial charge in [-0.3, -0.25) is 14.7 Å². The second kappa shape index (κ2) is 11.4. The number of hydrogen-bond donors (Lipinski definition) is 0. The summed E-state index contributed by atoms with van der Waals surface area (Å²) in [5.41, 5.74) is 3.62. The highest BCUT2D eigenvalue weighted by atomic mass is 19.2. The fraction of sp³-hybridized carbons (Fsp3) is 0.370. The van der Waals surface area contributed by atoms with E-state index in [0.717, 1.165) is 50.2 Å². The Bertz CT molecular complexity index is 1230. The van der Waals surface area contributed by atoms with E-state index in [0.29, 0.717) is 36.0 Å². The standard InChI is InChI=1S/C27H30F2N4O2/c1-3-33-18-22(7-10-26(33)34)20-11-13-32(14-12-20)17-19-5-9-25(30-16-19)27(31-35-4-2)21-6-8-23(28)24(29)15-21/h5-10,15-16,18,20H,3-4,11-14,17H2,1-2H3/b31-27+. The van der Waals surface area contributed by atoms with Crippen LogP contribution < -0.4 is 5.56 Å². The number of aromatic nitrogens is 2.